The maximum Gasteiger partial charge on any atom is 0.349 e. The first-order chi connectivity index (χ1) is 8.11. The summed E-state index contributed by atoms with van der Waals surface area (Å²) < 4.78 is 0. The molecule has 6 nitrogen and oxygen atoms in total. The zero-order chi connectivity index (χ0) is 12.4. The average molecular weight is 235 g/mol. The molecule has 0 saturated carbocycles. The van der Waals surface area contributed by atoms with Crippen LogP contribution in [0.4, 0.5) is 0 Å². The van der Waals surface area contributed by atoms with E-state index >= 15 is 0 Å². The lowest BCUT2D eigenvalue weighted by atomic mass is 9.92. The van der Waals surface area contributed by atoms with Gasteiger partial charge in [0.15, 0.2) is 5.92 Å². The molecule has 0 saturated heterocycles. The molecule has 88 valence electrons. The summed E-state index contributed by atoms with van der Waals surface area (Å²) in [4.78, 5) is 26.6. The molecule has 0 amide bonds. The third-order valence-electron chi connectivity index (χ3n) is 2.44. The largest absolute Gasteiger partial charge is 0.481 e. The van der Waals surface area contributed by atoms with Gasteiger partial charge in [-0.25, -0.2) is 4.79 Å². The first-order valence-electron chi connectivity index (χ1n) is 4.86. The first kappa shape index (κ1) is 11.1. The summed E-state index contributed by atoms with van der Waals surface area (Å²) >= 11 is 0. The first-order valence-corrected chi connectivity index (χ1v) is 4.86. The van der Waals surface area contributed by atoms with Gasteiger partial charge in [0.2, 0.25) is 6.10 Å². The van der Waals surface area contributed by atoms with Crippen molar-refractivity contribution in [1.29, 1.82) is 0 Å². The zero-order valence-electron chi connectivity index (χ0n) is 8.61. The van der Waals surface area contributed by atoms with Crippen LogP contribution in [-0.4, -0.2) is 34.0 Å². The highest BCUT2D eigenvalue weighted by Gasteiger charge is 2.45. The van der Waals surface area contributed by atoms with E-state index in [1.54, 1.807) is 30.3 Å². The maximum atomic E-state index is 11.1. The van der Waals surface area contributed by atoms with Crippen LogP contribution in [0.3, 0.4) is 0 Å². The lowest BCUT2D eigenvalue weighted by Gasteiger charge is -2.10. The van der Waals surface area contributed by atoms with Crippen molar-refractivity contribution in [2.24, 2.45) is 11.1 Å². The number of benzene rings is 1. The second kappa shape index (κ2) is 4.25. The maximum absolute atomic E-state index is 11.1. The fourth-order valence-electron chi connectivity index (χ4n) is 1.65. The Bertz CT molecular complexity index is 482. The highest BCUT2D eigenvalue weighted by atomic mass is 16.7. The summed E-state index contributed by atoms with van der Waals surface area (Å²) in [5.41, 5.74) is 0.675. The number of hydrogen-bond donors (Lipinski definition) is 2. The van der Waals surface area contributed by atoms with Crippen molar-refractivity contribution in [3.63, 3.8) is 0 Å². The normalized spacial score (nSPS) is 22.7. The fraction of sp³-hybridized carbons (Fsp3) is 0.182. The lowest BCUT2D eigenvalue weighted by molar-refractivity contribution is -0.157. The van der Waals surface area contributed by atoms with E-state index in [4.69, 9.17) is 10.2 Å². The number of oxime groups is 1. The minimum Gasteiger partial charge on any atom is -0.481 e. The van der Waals surface area contributed by atoms with Crippen LogP contribution in [0, 0.1) is 5.92 Å². The van der Waals surface area contributed by atoms with Crippen LogP contribution in [0.2, 0.25) is 0 Å². The van der Waals surface area contributed by atoms with Gasteiger partial charge in [0.05, 0.1) is 0 Å². The van der Waals surface area contributed by atoms with Crippen LogP contribution >= 0.6 is 0 Å². The van der Waals surface area contributed by atoms with Crippen molar-refractivity contribution in [2.45, 2.75) is 6.10 Å². The molecule has 1 aliphatic heterocycles. The quantitative estimate of drug-likeness (QED) is 0.798. The Kier molecular flexibility index (Phi) is 2.78. The van der Waals surface area contributed by atoms with Crippen molar-refractivity contribution in [3.05, 3.63) is 35.9 Å². The SMILES string of the molecule is O=C(O)[C@@H]1C(c2ccccc2)=NO[C@H]1C(=O)O. The Hall–Kier alpha value is -2.37. The number of carbonyl (C=O) groups is 2. The summed E-state index contributed by atoms with van der Waals surface area (Å²) in [7, 11) is 0. The van der Waals surface area contributed by atoms with Crippen molar-refractivity contribution in [3.8, 4) is 0 Å². The number of aliphatic carboxylic acids is 2. The third-order valence-corrected chi connectivity index (χ3v) is 2.44. The van der Waals surface area contributed by atoms with Crippen LogP contribution in [0.1, 0.15) is 5.56 Å². The van der Waals surface area contributed by atoms with E-state index in [-0.39, 0.29) is 5.71 Å². The highest BCUT2D eigenvalue weighted by molar-refractivity contribution is 6.14. The average Bonchev–Trinajstić information content (AvgIpc) is 2.74. The fourth-order valence-corrected chi connectivity index (χ4v) is 1.65. The molecular weight excluding hydrogens is 226 g/mol. The van der Waals surface area contributed by atoms with Crippen molar-refractivity contribution < 1.29 is 24.6 Å². The molecule has 2 rings (SSSR count). The van der Waals surface area contributed by atoms with Crippen LogP contribution < -0.4 is 0 Å². The predicted octanol–water partition coefficient (Wildman–Crippen LogP) is 0.575. The summed E-state index contributed by atoms with van der Waals surface area (Å²) in [5, 5.41) is 21.4. The van der Waals surface area contributed by atoms with Gasteiger partial charge in [-0.05, 0) is 0 Å². The molecule has 0 unspecified atom stereocenters. The summed E-state index contributed by atoms with van der Waals surface area (Å²) in [5.74, 6) is -3.89. The number of carboxylic acids is 2. The van der Waals surface area contributed by atoms with E-state index in [1.807, 2.05) is 0 Å². The van der Waals surface area contributed by atoms with Crippen LogP contribution in [0.15, 0.2) is 35.5 Å². The monoisotopic (exact) mass is 235 g/mol. The van der Waals surface area contributed by atoms with Gasteiger partial charge in [0.1, 0.15) is 5.71 Å². The van der Waals surface area contributed by atoms with Crippen molar-refractivity contribution in [2.75, 3.05) is 0 Å². The van der Waals surface area contributed by atoms with Gasteiger partial charge >= 0.3 is 11.9 Å². The van der Waals surface area contributed by atoms with E-state index in [0.717, 1.165) is 0 Å². The van der Waals surface area contributed by atoms with Gasteiger partial charge in [-0.15, -0.1) is 0 Å². The van der Waals surface area contributed by atoms with Crippen LogP contribution in [0.5, 0.6) is 0 Å². The van der Waals surface area contributed by atoms with Crippen molar-refractivity contribution in [1.82, 2.24) is 0 Å². The number of hydrogen-bond acceptors (Lipinski definition) is 4. The highest BCUT2D eigenvalue weighted by Crippen LogP contribution is 2.23. The van der Waals surface area contributed by atoms with Gasteiger partial charge in [-0.3, -0.25) is 4.79 Å². The van der Waals surface area contributed by atoms with Crippen LogP contribution in [0.25, 0.3) is 0 Å². The van der Waals surface area contributed by atoms with Gasteiger partial charge in [-0.1, -0.05) is 35.5 Å². The summed E-state index contributed by atoms with van der Waals surface area (Å²) in [6.07, 6.45) is -1.47. The zero-order valence-corrected chi connectivity index (χ0v) is 8.61. The van der Waals surface area contributed by atoms with E-state index in [1.165, 1.54) is 0 Å². The number of carboxylic acid groups (broad SMARTS) is 2. The predicted molar refractivity (Wildman–Crippen MR) is 56.6 cm³/mol. The molecule has 2 atom stereocenters. The van der Waals surface area contributed by atoms with Gasteiger partial charge in [0, 0.05) is 5.56 Å². The second-order valence-electron chi connectivity index (χ2n) is 3.52. The molecule has 0 spiro atoms. The Morgan fingerprint density at radius 3 is 2.29 bits per heavy atom. The minimum absolute atomic E-state index is 0.130. The van der Waals surface area contributed by atoms with Crippen LogP contribution in [-0.2, 0) is 14.4 Å². The minimum atomic E-state index is -1.47. The Labute approximate surface area is 96.1 Å². The molecule has 0 aromatic heterocycles. The summed E-state index contributed by atoms with van der Waals surface area (Å²) in [6.45, 7) is 0. The number of rotatable bonds is 3. The van der Waals surface area contributed by atoms with Gasteiger partial charge in [-0.2, -0.15) is 0 Å². The molecule has 1 aromatic rings. The van der Waals surface area contributed by atoms with E-state index in [9.17, 15) is 9.59 Å². The van der Waals surface area contributed by atoms with Gasteiger partial charge in [0.25, 0.3) is 0 Å². The molecule has 0 bridgehead atoms. The van der Waals surface area contributed by atoms with E-state index in [2.05, 4.69) is 9.99 Å². The molecule has 1 aliphatic rings. The molecular formula is C11H9NO5. The smallest absolute Gasteiger partial charge is 0.349 e. The second-order valence-corrected chi connectivity index (χ2v) is 3.52. The molecule has 1 aromatic carbocycles. The molecule has 0 radical (unpaired) electrons. The molecule has 2 N–H and O–H groups in total. The van der Waals surface area contributed by atoms with Crippen molar-refractivity contribution >= 4 is 17.7 Å². The Morgan fingerprint density at radius 1 is 1.12 bits per heavy atom. The lowest BCUT2D eigenvalue weighted by Crippen LogP contribution is -2.36. The number of nitrogens with zero attached hydrogens (tertiary/aromatic N) is 1. The van der Waals surface area contributed by atoms with E-state index in [0.29, 0.717) is 5.56 Å². The molecule has 1 heterocycles. The van der Waals surface area contributed by atoms with E-state index < -0.39 is 24.0 Å². The molecule has 0 aliphatic carbocycles. The third kappa shape index (κ3) is 1.96. The molecule has 17 heavy (non-hydrogen) atoms. The summed E-state index contributed by atoms with van der Waals surface area (Å²) in [6, 6.07) is 8.50. The Balaban J connectivity index is 2.36. The van der Waals surface area contributed by atoms with Gasteiger partial charge < -0.3 is 15.1 Å². The standard InChI is InChI=1S/C11H9NO5/c13-10(14)7-8(6-4-2-1-3-5-6)12-17-9(7)11(15)16/h1-5,7,9H,(H,13,14)(H,15,16)/t7-,9-/m1/s1. The molecule has 6 heteroatoms. The topological polar surface area (TPSA) is 96.2 Å². The molecule has 0 fully saturated rings. The Morgan fingerprint density at radius 2 is 1.76 bits per heavy atom.